The molecule has 5 rings (SSSR count). The van der Waals surface area contributed by atoms with Crippen molar-refractivity contribution in [2.45, 2.75) is 49.9 Å². The number of aromatic nitrogens is 1. The number of rotatable bonds is 7. The van der Waals surface area contributed by atoms with Crippen LogP contribution in [0.3, 0.4) is 0 Å². The van der Waals surface area contributed by atoms with E-state index in [4.69, 9.17) is 23.2 Å². The number of nitrogens with zero attached hydrogens (tertiary/aromatic N) is 1. The van der Waals surface area contributed by atoms with Crippen LogP contribution < -0.4 is 5.32 Å². The number of hydrogen-bond donors (Lipinski definition) is 3. The van der Waals surface area contributed by atoms with E-state index in [0.717, 1.165) is 16.8 Å². The molecule has 2 aliphatic heterocycles. The largest absolute Gasteiger partial charge is 0.391 e. The zero-order valence-corrected chi connectivity index (χ0v) is 24.4. The Morgan fingerprint density at radius 3 is 2.55 bits per heavy atom. The number of likely N-dealkylation sites (tertiary alicyclic amines) is 1. The van der Waals surface area contributed by atoms with Gasteiger partial charge in [0.2, 0.25) is 5.91 Å². The number of fused-ring (bicyclic) bond motifs is 1. The summed E-state index contributed by atoms with van der Waals surface area (Å²) in [5, 5.41) is 13.1. The summed E-state index contributed by atoms with van der Waals surface area (Å²) in [7, 11) is -3.83. The first-order valence-electron chi connectivity index (χ1n) is 12.9. The summed E-state index contributed by atoms with van der Waals surface area (Å²) in [4.78, 5) is 30.6. The molecule has 210 valence electrons. The number of hydrogen-bond acceptors (Lipinski definition) is 5. The van der Waals surface area contributed by atoms with Crippen molar-refractivity contribution in [3.8, 4) is 0 Å². The van der Waals surface area contributed by atoms with Gasteiger partial charge in [-0.3, -0.25) is 9.59 Å². The minimum atomic E-state index is -3.83. The van der Waals surface area contributed by atoms with Gasteiger partial charge in [-0.15, -0.1) is 0 Å². The van der Waals surface area contributed by atoms with Crippen molar-refractivity contribution in [2.24, 2.45) is 0 Å². The third-order valence-electron chi connectivity index (χ3n) is 7.55. The zero-order valence-electron chi connectivity index (χ0n) is 22.1. The number of amides is 2. The summed E-state index contributed by atoms with van der Waals surface area (Å²) in [6, 6.07) is 9.36. The summed E-state index contributed by atoms with van der Waals surface area (Å²) in [6.45, 7) is 4.79. The highest BCUT2D eigenvalue weighted by atomic mass is 35.5. The van der Waals surface area contributed by atoms with E-state index in [0.29, 0.717) is 60.4 Å². The van der Waals surface area contributed by atoms with E-state index in [2.05, 4.69) is 10.3 Å². The van der Waals surface area contributed by atoms with Crippen LogP contribution in [0, 0.1) is 13.8 Å². The number of carbonyl (C=O) groups is 2. The van der Waals surface area contributed by atoms with Crippen LogP contribution in [0.25, 0.3) is 11.6 Å². The van der Waals surface area contributed by atoms with E-state index < -0.39 is 15.9 Å². The SMILES string of the molecule is Cc1[nH]c(/C=C2\C(=O)Nc3ccc(S(=O)(=O)Cc4c(Cl)cccc4Cl)cc32)c(C)c1CCC(=O)N1CC[C@@H](O)C1. The highest BCUT2D eigenvalue weighted by Crippen LogP contribution is 2.37. The Hall–Kier alpha value is -3.11. The summed E-state index contributed by atoms with van der Waals surface area (Å²) < 4.78 is 26.6. The molecule has 0 spiro atoms. The number of benzene rings is 2. The number of β-amino-alcohol motifs (C(OH)–C–C–N with tert-alkyl or cyclic N) is 1. The lowest BCUT2D eigenvalue weighted by Crippen LogP contribution is -2.29. The average Bonchev–Trinajstić information content (AvgIpc) is 3.55. The van der Waals surface area contributed by atoms with Crippen molar-refractivity contribution >= 4 is 62.2 Å². The molecule has 0 saturated carbocycles. The number of nitrogens with one attached hydrogen (secondary N) is 2. The van der Waals surface area contributed by atoms with Gasteiger partial charge in [0.25, 0.3) is 5.91 Å². The molecule has 40 heavy (non-hydrogen) atoms. The van der Waals surface area contributed by atoms with E-state index in [9.17, 15) is 23.1 Å². The number of aromatic amines is 1. The third kappa shape index (κ3) is 5.56. The maximum absolute atomic E-state index is 13.3. The molecule has 1 aromatic heterocycles. The van der Waals surface area contributed by atoms with Gasteiger partial charge in [0.1, 0.15) is 0 Å². The number of aliphatic hydroxyl groups is 1. The molecule has 0 aliphatic carbocycles. The first kappa shape index (κ1) is 28.4. The fraction of sp³-hybridized carbons (Fsp3) is 0.310. The molecule has 3 N–H and O–H groups in total. The topological polar surface area (TPSA) is 120 Å². The molecule has 2 amide bonds. The third-order valence-corrected chi connectivity index (χ3v) is 9.90. The lowest BCUT2D eigenvalue weighted by Gasteiger charge is -2.15. The minimum Gasteiger partial charge on any atom is -0.391 e. The Morgan fingerprint density at radius 2 is 1.88 bits per heavy atom. The van der Waals surface area contributed by atoms with Crippen molar-refractivity contribution in [2.75, 3.05) is 18.4 Å². The Balaban J connectivity index is 1.41. The second kappa shape index (κ2) is 11.0. The lowest BCUT2D eigenvalue weighted by atomic mass is 10.0. The van der Waals surface area contributed by atoms with Crippen LogP contribution in [0.15, 0.2) is 41.3 Å². The summed E-state index contributed by atoms with van der Waals surface area (Å²) >= 11 is 12.4. The fourth-order valence-electron chi connectivity index (χ4n) is 5.28. The van der Waals surface area contributed by atoms with Gasteiger partial charge in [0.15, 0.2) is 9.84 Å². The molecular formula is C29H29Cl2N3O5S. The maximum Gasteiger partial charge on any atom is 0.256 e. The van der Waals surface area contributed by atoms with Gasteiger partial charge in [-0.1, -0.05) is 29.3 Å². The Bertz CT molecular complexity index is 1640. The summed E-state index contributed by atoms with van der Waals surface area (Å²) in [6.07, 6.45) is 2.71. The number of anilines is 1. The van der Waals surface area contributed by atoms with Crippen LogP contribution in [0.1, 0.15) is 46.5 Å². The van der Waals surface area contributed by atoms with Crippen molar-refractivity contribution < 1.29 is 23.1 Å². The van der Waals surface area contributed by atoms with Gasteiger partial charge in [0, 0.05) is 57.8 Å². The highest BCUT2D eigenvalue weighted by Gasteiger charge is 2.29. The smallest absolute Gasteiger partial charge is 0.256 e. The number of halogens is 2. The van der Waals surface area contributed by atoms with Gasteiger partial charge < -0.3 is 20.3 Å². The number of aryl methyl sites for hydroxylation is 1. The highest BCUT2D eigenvalue weighted by molar-refractivity contribution is 7.90. The number of H-pyrrole nitrogens is 1. The number of aliphatic hydroxyl groups excluding tert-OH is 1. The fourth-order valence-corrected chi connectivity index (χ4v) is 7.40. The average molecular weight is 603 g/mol. The van der Waals surface area contributed by atoms with Gasteiger partial charge in [-0.2, -0.15) is 0 Å². The number of sulfone groups is 1. The normalized spacial score (nSPS) is 17.9. The zero-order chi connectivity index (χ0) is 28.8. The Morgan fingerprint density at radius 1 is 1.15 bits per heavy atom. The van der Waals surface area contributed by atoms with E-state index in [1.165, 1.54) is 12.1 Å². The van der Waals surface area contributed by atoms with Crippen molar-refractivity contribution in [1.82, 2.24) is 9.88 Å². The van der Waals surface area contributed by atoms with Crippen LogP contribution in [-0.2, 0) is 31.6 Å². The van der Waals surface area contributed by atoms with Gasteiger partial charge >= 0.3 is 0 Å². The van der Waals surface area contributed by atoms with Gasteiger partial charge in [0.05, 0.1) is 22.3 Å². The molecule has 1 saturated heterocycles. The Kier molecular flexibility index (Phi) is 7.85. The summed E-state index contributed by atoms with van der Waals surface area (Å²) in [5.74, 6) is -0.708. The van der Waals surface area contributed by atoms with Crippen LogP contribution in [0.2, 0.25) is 10.0 Å². The standard InChI is InChI=1S/C29H29Cl2N3O5S/c1-16-20(7-9-28(36)34-11-10-18(35)14-34)17(2)32-27(16)13-22-21-12-19(6-8-26(21)33-29(22)37)40(38,39)15-23-24(30)4-3-5-25(23)31/h3-6,8,12-13,18,32,35H,7,9-11,14-15H2,1-2H3,(H,33,37)/b22-13-/t18-/m1/s1. The monoisotopic (exact) mass is 601 g/mol. The summed E-state index contributed by atoms with van der Waals surface area (Å²) in [5.41, 5.74) is 5.17. The van der Waals surface area contributed by atoms with Crippen LogP contribution in [0.5, 0.6) is 0 Å². The first-order chi connectivity index (χ1) is 18.9. The van der Waals surface area contributed by atoms with Crippen LogP contribution in [0.4, 0.5) is 5.69 Å². The lowest BCUT2D eigenvalue weighted by molar-refractivity contribution is -0.130. The molecular weight excluding hydrogens is 573 g/mol. The first-order valence-corrected chi connectivity index (χ1v) is 15.3. The molecule has 0 unspecified atom stereocenters. The Labute approximate surface area is 242 Å². The van der Waals surface area contributed by atoms with E-state index in [1.54, 1.807) is 35.2 Å². The molecule has 2 aliphatic rings. The minimum absolute atomic E-state index is 0.00682. The molecule has 1 fully saturated rings. The van der Waals surface area contributed by atoms with Crippen molar-refractivity contribution in [1.29, 1.82) is 0 Å². The number of carbonyl (C=O) groups excluding carboxylic acids is 2. The van der Waals surface area contributed by atoms with Crippen LogP contribution in [-0.4, -0.2) is 54.4 Å². The second-order valence-electron chi connectivity index (χ2n) is 10.2. The molecule has 0 radical (unpaired) electrons. The molecule has 1 atom stereocenters. The van der Waals surface area contributed by atoms with Gasteiger partial charge in [-0.05, 0) is 74.2 Å². The predicted molar refractivity (Wildman–Crippen MR) is 156 cm³/mol. The van der Waals surface area contributed by atoms with E-state index in [-0.39, 0.29) is 32.5 Å². The molecule has 2 aromatic carbocycles. The molecule has 3 aromatic rings. The van der Waals surface area contributed by atoms with Gasteiger partial charge in [-0.25, -0.2) is 8.42 Å². The van der Waals surface area contributed by atoms with Crippen molar-refractivity contribution in [3.05, 3.63) is 80.1 Å². The van der Waals surface area contributed by atoms with E-state index in [1.807, 2.05) is 13.8 Å². The van der Waals surface area contributed by atoms with Crippen molar-refractivity contribution in [3.63, 3.8) is 0 Å². The molecule has 0 bridgehead atoms. The second-order valence-corrected chi connectivity index (χ2v) is 13.0. The quantitative estimate of drug-likeness (QED) is 0.332. The predicted octanol–water partition coefficient (Wildman–Crippen LogP) is 4.93. The molecule has 11 heteroatoms. The maximum atomic E-state index is 13.3. The van der Waals surface area contributed by atoms with Crippen LogP contribution >= 0.6 is 23.2 Å². The van der Waals surface area contributed by atoms with E-state index >= 15 is 0 Å². The molecule has 8 nitrogen and oxygen atoms in total. The molecule has 3 heterocycles.